The third kappa shape index (κ3) is 3.35. The summed E-state index contributed by atoms with van der Waals surface area (Å²) in [7, 11) is 3.08. The fourth-order valence-electron chi connectivity index (χ4n) is 1.83. The molecule has 0 radical (unpaired) electrons. The summed E-state index contributed by atoms with van der Waals surface area (Å²) < 4.78 is 10.3. The van der Waals surface area contributed by atoms with Gasteiger partial charge in [-0.05, 0) is 24.3 Å². The van der Waals surface area contributed by atoms with Crippen molar-refractivity contribution in [3.05, 3.63) is 47.5 Å². The van der Waals surface area contributed by atoms with Crippen LogP contribution in [-0.4, -0.2) is 31.5 Å². The first kappa shape index (κ1) is 15.4. The van der Waals surface area contributed by atoms with E-state index in [1.807, 2.05) is 0 Å². The molecule has 6 nitrogen and oxygen atoms in total. The maximum atomic E-state index is 11.4. The number of benzene rings is 2. The van der Waals surface area contributed by atoms with Gasteiger partial charge in [-0.3, -0.25) is 4.99 Å². The summed E-state index contributed by atoms with van der Waals surface area (Å²) in [6.45, 7) is 0. The molecule has 0 aromatic heterocycles. The molecule has 0 heterocycles. The smallest absolute Gasteiger partial charge is 0.335 e. The van der Waals surface area contributed by atoms with E-state index in [-0.39, 0.29) is 5.56 Å². The summed E-state index contributed by atoms with van der Waals surface area (Å²) in [6, 6.07) is 9.11. The van der Waals surface area contributed by atoms with Crippen molar-refractivity contribution < 1.29 is 24.5 Å². The maximum absolute atomic E-state index is 11.4. The van der Waals surface area contributed by atoms with Crippen LogP contribution in [0.5, 0.6) is 17.2 Å². The highest BCUT2D eigenvalue weighted by atomic mass is 16.5. The van der Waals surface area contributed by atoms with E-state index >= 15 is 0 Å². The lowest BCUT2D eigenvalue weighted by molar-refractivity contribution is -0.268. The second kappa shape index (κ2) is 6.62. The van der Waals surface area contributed by atoms with Crippen LogP contribution in [0.3, 0.4) is 0 Å². The molecule has 6 heteroatoms. The van der Waals surface area contributed by atoms with Crippen LogP contribution in [0.25, 0.3) is 0 Å². The third-order valence-electron chi connectivity index (χ3n) is 2.99. The zero-order valence-electron chi connectivity index (χ0n) is 12.1. The number of methoxy groups -OCH3 is 2. The predicted octanol–water partition coefficient (Wildman–Crippen LogP) is 2.23. The summed E-state index contributed by atoms with van der Waals surface area (Å²) in [4.78, 5) is 15.1. The summed E-state index contributed by atoms with van der Waals surface area (Å²) in [5.41, 5.74) is 0.762. The molecule has 0 fully saturated rings. The SMILES string of the molecule is COc1ccc(C=Nc2ccc([O-])c(C(=O)O)c2)c(OC)c1. The van der Waals surface area contributed by atoms with Crippen LogP contribution >= 0.6 is 0 Å². The first-order chi connectivity index (χ1) is 10.5. The number of hydrogen-bond acceptors (Lipinski definition) is 5. The van der Waals surface area contributed by atoms with Gasteiger partial charge in [0.25, 0.3) is 0 Å². The van der Waals surface area contributed by atoms with Crippen molar-refractivity contribution in [2.75, 3.05) is 14.2 Å². The van der Waals surface area contributed by atoms with Gasteiger partial charge in [0.05, 0.1) is 25.5 Å². The van der Waals surface area contributed by atoms with E-state index in [9.17, 15) is 9.90 Å². The molecule has 0 bridgehead atoms. The fraction of sp³-hybridized carbons (Fsp3) is 0.125. The minimum Gasteiger partial charge on any atom is -0.872 e. The van der Waals surface area contributed by atoms with Crippen molar-refractivity contribution in [3.63, 3.8) is 0 Å². The van der Waals surface area contributed by atoms with Crippen LogP contribution in [0.1, 0.15) is 15.9 Å². The lowest BCUT2D eigenvalue weighted by atomic mass is 10.1. The van der Waals surface area contributed by atoms with Gasteiger partial charge in [0.1, 0.15) is 11.5 Å². The lowest BCUT2D eigenvalue weighted by Gasteiger charge is -2.10. The van der Waals surface area contributed by atoms with Crippen LogP contribution in [-0.2, 0) is 0 Å². The second-order valence-corrected chi connectivity index (χ2v) is 4.35. The van der Waals surface area contributed by atoms with Crippen molar-refractivity contribution in [3.8, 4) is 17.2 Å². The standard InChI is InChI=1S/C16H15NO5/c1-21-12-5-3-10(15(8-12)22-2)9-17-11-4-6-14(18)13(7-11)16(19)20/h3-9,18H,1-2H3,(H,19,20)/p-1. The monoisotopic (exact) mass is 300 g/mol. The quantitative estimate of drug-likeness (QED) is 0.855. The normalized spacial score (nSPS) is 10.6. The molecule has 2 aromatic carbocycles. The Morgan fingerprint density at radius 3 is 2.59 bits per heavy atom. The van der Waals surface area contributed by atoms with Crippen LogP contribution in [0.2, 0.25) is 0 Å². The minimum absolute atomic E-state index is 0.309. The average Bonchev–Trinajstić information content (AvgIpc) is 2.53. The number of ether oxygens (including phenoxy) is 2. The van der Waals surface area contributed by atoms with E-state index < -0.39 is 11.7 Å². The van der Waals surface area contributed by atoms with Crippen LogP contribution in [0, 0.1) is 0 Å². The van der Waals surface area contributed by atoms with Crippen molar-refractivity contribution in [2.24, 2.45) is 4.99 Å². The van der Waals surface area contributed by atoms with Crippen LogP contribution < -0.4 is 14.6 Å². The lowest BCUT2D eigenvalue weighted by Crippen LogP contribution is -2.03. The molecule has 0 saturated heterocycles. The molecule has 0 aliphatic heterocycles. The predicted molar refractivity (Wildman–Crippen MR) is 79.6 cm³/mol. The molecule has 114 valence electrons. The molecule has 0 saturated carbocycles. The third-order valence-corrected chi connectivity index (χ3v) is 2.99. The molecule has 0 amide bonds. The minimum atomic E-state index is -1.27. The Morgan fingerprint density at radius 2 is 1.95 bits per heavy atom. The summed E-state index contributed by atoms with van der Waals surface area (Å²) >= 11 is 0. The Bertz CT molecular complexity index is 724. The van der Waals surface area contributed by atoms with Crippen LogP contribution in [0.4, 0.5) is 5.69 Å². The van der Waals surface area contributed by atoms with Gasteiger partial charge in [-0.15, -0.1) is 0 Å². The van der Waals surface area contributed by atoms with E-state index in [1.54, 1.807) is 25.3 Å². The van der Waals surface area contributed by atoms with Crippen molar-refractivity contribution in [1.82, 2.24) is 0 Å². The maximum Gasteiger partial charge on any atom is 0.335 e. The van der Waals surface area contributed by atoms with Crippen LogP contribution in [0.15, 0.2) is 41.4 Å². The number of carboxylic acids is 1. The van der Waals surface area contributed by atoms with Gasteiger partial charge in [0.15, 0.2) is 0 Å². The largest absolute Gasteiger partial charge is 0.872 e. The van der Waals surface area contributed by atoms with Gasteiger partial charge in [0.2, 0.25) is 0 Å². The van der Waals surface area contributed by atoms with E-state index in [4.69, 9.17) is 14.6 Å². The van der Waals surface area contributed by atoms with Gasteiger partial charge in [-0.25, -0.2) is 4.79 Å². The first-order valence-electron chi connectivity index (χ1n) is 6.35. The van der Waals surface area contributed by atoms with Crippen molar-refractivity contribution in [1.29, 1.82) is 0 Å². The molecule has 22 heavy (non-hydrogen) atoms. The van der Waals surface area contributed by atoms with Gasteiger partial charge in [0, 0.05) is 17.8 Å². The number of carbonyl (C=O) groups is 1. The highest BCUT2D eigenvalue weighted by molar-refractivity contribution is 5.92. The van der Waals surface area contributed by atoms with E-state index in [0.29, 0.717) is 22.7 Å². The highest BCUT2D eigenvalue weighted by Crippen LogP contribution is 2.25. The molecule has 0 aliphatic carbocycles. The summed E-state index contributed by atoms with van der Waals surface area (Å²) in [6.07, 6.45) is 1.53. The molecule has 2 aromatic rings. The molecule has 2 rings (SSSR count). The number of hydrogen-bond donors (Lipinski definition) is 1. The van der Waals surface area contributed by atoms with Gasteiger partial charge < -0.3 is 19.7 Å². The van der Waals surface area contributed by atoms with E-state index in [0.717, 1.165) is 0 Å². The Hall–Kier alpha value is -3.02. The summed E-state index contributed by atoms with van der Waals surface area (Å²) in [5, 5.41) is 20.3. The first-order valence-corrected chi connectivity index (χ1v) is 6.35. The van der Waals surface area contributed by atoms with Gasteiger partial charge in [-0.1, -0.05) is 11.8 Å². The summed E-state index contributed by atoms with van der Waals surface area (Å²) in [5.74, 6) is -0.600. The molecule has 0 unspecified atom stereocenters. The second-order valence-electron chi connectivity index (χ2n) is 4.35. The molecular weight excluding hydrogens is 286 g/mol. The van der Waals surface area contributed by atoms with E-state index in [2.05, 4.69) is 4.99 Å². The Balaban J connectivity index is 2.32. The zero-order valence-corrected chi connectivity index (χ0v) is 12.1. The zero-order chi connectivity index (χ0) is 16.1. The van der Waals surface area contributed by atoms with E-state index in [1.165, 1.54) is 31.5 Å². The molecular formula is C16H14NO5-. The van der Waals surface area contributed by atoms with Gasteiger partial charge >= 0.3 is 5.97 Å². The number of rotatable bonds is 5. The fourth-order valence-corrected chi connectivity index (χ4v) is 1.83. The molecule has 0 spiro atoms. The average molecular weight is 300 g/mol. The molecule has 0 atom stereocenters. The Kier molecular flexibility index (Phi) is 4.63. The van der Waals surface area contributed by atoms with Crippen molar-refractivity contribution in [2.45, 2.75) is 0 Å². The van der Waals surface area contributed by atoms with Crippen molar-refractivity contribution >= 4 is 17.9 Å². The number of aliphatic imine (C=N–C) groups is 1. The Labute approximate surface area is 127 Å². The number of aromatic carboxylic acids is 1. The van der Waals surface area contributed by atoms with Gasteiger partial charge in [-0.2, -0.15) is 0 Å². The Morgan fingerprint density at radius 1 is 1.18 bits per heavy atom. The number of nitrogens with zero attached hydrogens (tertiary/aromatic N) is 1. The highest BCUT2D eigenvalue weighted by Gasteiger charge is 2.05. The molecule has 1 N–H and O–H groups in total. The number of carboxylic acid groups (broad SMARTS) is 1. The topological polar surface area (TPSA) is 91.2 Å². The molecule has 0 aliphatic rings.